The number of aryl methyl sites for hydroxylation is 2. The summed E-state index contributed by atoms with van der Waals surface area (Å²) < 4.78 is 2.27. The number of nitrogens with one attached hydrogen (secondary N) is 1. The Hall–Kier alpha value is -2.73. The summed E-state index contributed by atoms with van der Waals surface area (Å²) in [6.07, 6.45) is 10.1. The van der Waals surface area contributed by atoms with E-state index in [2.05, 4.69) is 65.9 Å². The fourth-order valence-corrected chi connectivity index (χ4v) is 5.87. The number of thiocarbonyl (C=S) groups is 1. The van der Waals surface area contributed by atoms with E-state index in [-0.39, 0.29) is 12.1 Å². The molecule has 32 heavy (non-hydrogen) atoms. The monoisotopic (exact) mass is 445 g/mol. The quantitative estimate of drug-likeness (QED) is 0.538. The molecule has 0 spiro atoms. The molecule has 0 aromatic carbocycles. The summed E-state index contributed by atoms with van der Waals surface area (Å²) in [6.45, 7) is 6.45. The minimum atomic E-state index is 0.0329. The van der Waals surface area contributed by atoms with Crippen LogP contribution in [0.25, 0.3) is 5.82 Å². The number of hydrogen-bond donors (Lipinski definition) is 1. The van der Waals surface area contributed by atoms with Gasteiger partial charge in [0, 0.05) is 29.8 Å². The maximum absolute atomic E-state index is 5.93. The van der Waals surface area contributed by atoms with Crippen LogP contribution in [-0.2, 0) is 0 Å². The van der Waals surface area contributed by atoms with Crippen LogP contribution in [0.2, 0.25) is 0 Å². The number of pyridine rings is 2. The molecular formula is C26H31N5S. The Labute approximate surface area is 195 Å². The van der Waals surface area contributed by atoms with Gasteiger partial charge in [-0.15, -0.1) is 0 Å². The zero-order valence-corrected chi connectivity index (χ0v) is 19.9. The Kier molecular flexibility index (Phi) is 5.72. The van der Waals surface area contributed by atoms with E-state index >= 15 is 0 Å². The van der Waals surface area contributed by atoms with Crippen LogP contribution in [0.4, 0.5) is 0 Å². The number of hydrogen-bond acceptors (Lipinski definition) is 3. The molecule has 0 bridgehead atoms. The predicted octanol–water partition coefficient (Wildman–Crippen LogP) is 5.50. The lowest BCUT2D eigenvalue weighted by molar-refractivity contribution is 0.197. The first-order valence-corrected chi connectivity index (χ1v) is 12.1. The van der Waals surface area contributed by atoms with Crippen molar-refractivity contribution < 1.29 is 0 Å². The minimum absolute atomic E-state index is 0.0329. The molecule has 166 valence electrons. The third-order valence-corrected chi connectivity index (χ3v) is 7.35. The third kappa shape index (κ3) is 3.71. The van der Waals surface area contributed by atoms with Gasteiger partial charge in [-0.1, -0.05) is 31.4 Å². The molecule has 5 rings (SSSR count). The first-order valence-electron chi connectivity index (χ1n) is 11.7. The first kappa shape index (κ1) is 21.1. The minimum Gasteiger partial charge on any atom is -0.352 e. The summed E-state index contributed by atoms with van der Waals surface area (Å²) in [5.41, 5.74) is 5.92. The molecule has 1 aliphatic heterocycles. The van der Waals surface area contributed by atoms with Crippen molar-refractivity contribution in [2.75, 3.05) is 0 Å². The molecule has 5 nitrogen and oxygen atoms in total. The van der Waals surface area contributed by atoms with Crippen molar-refractivity contribution >= 4 is 17.3 Å². The topological polar surface area (TPSA) is 46.0 Å². The zero-order valence-electron chi connectivity index (χ0n) is 19.1. The van der Waals surface area contributed by atoms with Crippen molar-refractivity contribution in [1.82, 2.24) is 24.8 Å². The Morgan fingerprint density at radius 3 is 2.50 bits per heavy atom. The van der Waals surface area contributed by atoms with Crippen molar-refractivity contribution in [3.8, 4) is 5.82 Å². The zero-order chi connectivity index (χ0) is 22.2. The third-order valence-electron chi connectivity index (χ3n) is 7.02. The molecule has 0 unspecified atom stereocenters. The van der Waals surface area contributed by atoms with Gasteiger partial charge in [0.25, 0.3) is 0 Å². The fourth-order valence-electron chi connectivity index (χ4n) is 5.48. The average Bonchev–Trinajstić information content (AvgIpc) is 3.31. The van der Waals surface area contributed by atoms with Crippen molar-refractivity contribution in [2.24, 2.45) is 0 Å². The van der Waals surface area contributed by atoms with E-state index in [1.165, 1.54) is 54.6 Å². The Morgan fingerprint density at radius 1 is 1.00 bits per heavy atom. The maximum Gasteiger partial charge on any atom is 0.170 e. The lowest BCUT2D eigenvalue weighted by Crippen LogP contribution is -2.40. The largest absolute Gasteiger partial charge is 0.352 e. The predicted molar refractivity (Wildman–Crippen MR) is 132 cm³/mol. The van der Waals surface area contributed by atoms with Crippen LogP contribution in [0.3, 0.4) is 0 Å². The Morgan fingerprint density at radius 2 is 1.81 bits per heavy atom. The van der Waals surface area contributed by atoms with Crippen LogP contribution in [-0.4, -0.2) is 30.6 Å². The number of rotatable bonds is 4. The molecule has 1 N–H and O–H groups in total. The van der Waals surface area contributed by atoms with Crippen molar-refractivity contribution in [2.45, 2.75) is 71.0 Å². The highest BCUT2D eigenvalue weighted by Gasteiger charge is 2.44. The van der Waals surface area contributed by atoms with Crippen LogP contribution < -0.4 is 5.32 Å². The molecule has 0 radical (unpaired) electrons. The summed E-state index contributed by atoms with van der Waals surface area (Å²) in [6, 6.07) is 13.3. The SMILES string of the molecule is Cc1ccc(-n2c(C)cc([C@H]3[C@@H](c4ccccn4)NC(=S)N3C3CCCCC3)c2C)nc1. The molecule has 1 saturated carbocycles. The van der Waals surface area contributed by atoms with Crippen LogP contribution in [0.1, 0.15) is 72.4 Å². The van der Waals surface area contributed by atoms with Crippen LogP contribution in [0, 0.1) is 20.8 Å². The highest BCUT2D eigenvalue weighted by Crippen LogP contribution is 2.44. The summed E-state index contributed by atoms with van der Waals surface area (Å²) in [7, 11) is 0. The van der Waals surface area contributed by atoms with Gasteiger partial charge in [-0.05, 0) is 81.2 Å². The van der Waals surface area contributed by atoms with Crippen LogP contribution >= 0.6 is 12.2 Å². The molecule has 3 aromatic heterocycles. The molecule has 3 aromatic rings. The number of aromatic nitrogens is 3. The summed E-state index contributed by atoms with van der Waals surface area (Å²) >= 11 is 5.93. The fraction of sp³-hybridized carbons (Fsp3) is 0.423. The highest BCUT2D eigenvalue weighted by atomic mass is 32.1. The smallest absolute Gasteiger partial charge is 0.170 e. The van der Waals surface area contributed by atoms with Gasteiger partial charge in [-0.2, -0.15) is 0 Å². The molecule has 6 heteroatoms. The van der Waals surface area contributed by atoms with Crippen LogP contribution in [0.15, 0.2) is 48.8 Å². The van der Waals surface area contributed by atoms with E-state index < -0.39 is 0 Å². The van der Waals surface area contributed by atoms with E-state index in [4.69, 9.17) is 22.2 Å². The van der Waals surface area contributed by atoms with Crippen molar-refractivity contribution in [3.05, 3.63) is 77.0 Å². The van der Waals surface area contributed by atoms with Gasteiger partial charge >= 0.3 is 0 Å². The van der Waals surface area contributed by atoms with Gasteiger partial charge < -0.3 is 14.8 Å². The molecule has 2 atom stereocenters. The molecule has 0 amide bonds. The van der Waals surface area contributed by atoms with Gasteiger partial charge in [0.15, 0.2) is 5.11 Å². The molecule has 1 saturated heterocycles. The Balaban J connectivity index is 1.62. The van der Waals surface area contributed by atoms with E-state index in [1.807, 2.05) is 18.5 Å². The molecule has 1 aliphatic carbocycles. The maximum atomic E-state index is 5.93. The lowest BCUT2D eigenvalue weighted by Gasteiger charge is -2.37. The second-order valence-corrected chi connectivity index (χ2v) is 9.57. The summed E-state index contributed by atoms with van der Waals surface area (Å²) in [4.78, 5) is 11.9. The van der Waals surface area contributed by atoms with E-state index in [0.717, 1.165) is 16.6 Å². The van der Waals surface area contributed by atoms with Crippen molar-refractivity contribution in [1.29, 1.82) is 0 Å². The molecule has 2 fully saturated rings. The van der Waals surface area contributed by atoms with Gasteiger partial charge in [-0.3, -0.25) is 4.98 Å². The second kappa shape index (κ2) is 8.66. The standard InChI is InChI=1S/C26H31N5S/c1-17-12-13-23(28-16-17)30-18(2)15-21(19(30)3)25-24(22-11-7-8-14-27-22)29-26(32)31(25)20-9-5-4-6-10-20/h7-8,11-16,20,24-25H,4-6,9-10H2,1-3H3,(H,29,32)/t24-,25+/m1/s1. The van der Waals surface area contributed by atoms with Crippen LogP contribution in [0.5, 0.6) is 0 Å². The van der Waals surface area contributed by atoms with Gasteiger partial charge in [0.1, 0.15) is 5.82 Å². The second-order valence-electron chi connectivity index (χ2n) is 9.18. The van der Waals surface area contributed by atoms with Gasteiger partial charge in [0.05, 0.1) is 17.8 Å². The summed E-state index contributed by atoms with van der Waals surface area (Å²) in [5, 5.41) is 4.50. The number of nitrogens with zero attached hydrogens (tertiary/aromatic N) is 4. The highest BCUT2D eigenvalue weighted by molar-refractivity contribution is 7.80. The normalized spacial score (nSPS) is 21.7. The van der Waals surface area contributed by atoms with E-state index in [1.54, 1.807) is 0 Å². The Bertz CT molecular complexity index is 1100. The lowest BCUT2D eigenvalue weighted by atomic mass is 9.90. The van der Waals surface area contributed by atoms with E-state index in [9.17, 15) is 0 Å². The van der Waals surface area contributed by atoms with E-state index in [0.29, 0.717) is 6.04 Å². The van der Waals surface area contributed by atoms with Gasteiger partial charge in [0.2, 0.25) is 0 Å². The molecule has 2 aliphatic rings. The first-order chi connectivity index (χ1) is 15.5. The van der Waals surface area contributed by atoms with Crippen molar-refractivity contribution in [3.63, 3.8) is 0 Å². The molecule has 4 heterocycles. The summed E-state index contributed by atoms with van der Waals surface area (Å²) in [5.74, 6) is 0.962. The molecular weight excluding hydrogens is 414 g/mol. The van der Waals surface area contributed by atoms with Gasteiger partial charge in [-0.25, -0.2) is 4.98 Å². The average molecular weight is 446 g/mol.